The van der Waals surface area contributed by atoms with Crippen LogP contribution in [0, 0.1) is 0 Å². The molecule has 0 spiro atoms. The number of halogens is 4. The zero-order valence-corrected chi connectivity index (χ0v) is 6.47. The average molecular weight is 204 g/mol. The summed E-state index contributed by atoms with van der Waals surface area (Å²) in [5.41, 5.74) is 0. The lowest BCUT2D eigenvalue weighted by Gasteiger charge is -2.28. The predicted octanol–water partition coefficient (Wildman–Crippen LogP) is 1.50. The van der Waals surface area contributed by atoms with E-state index in [2.05, 4.69) is 4.74 Å². The maximum absolute atomic E-state index is 12.8. The van der Waals surface area contributed by atoms with Gasteiger partial charge in [0.25, 0.3) is 5.12 Å². The third-order valence-corrected chi connectivity index (χ3v) is 2.14. The summed E-state index contributed by atoms with van der Waals surface area (Å²) >= 11 is 0.293. The monoisotopic (exact) mass is 204 g/mol. The summed E-state index contributed by atoms with van der Waals surface area (Å²) in [5.74, 6) is -4.05. The molecule has 7 heteroatoms. The lowest BCUT2D eigenvalue weighted by molar-refractivity contribution is -0.310. The maximum atomic E-state index is 12.8. The van der Waals surface area contributed by atoms with Crippen molar-refractivity contribution < 1.29 is 27.1 Å². The normalized spacial score (nSPS) is 32.2. The van der Waals surface area contributed by atoms with E-state index in [1.54, 1.807) is 0 Å². The molecule has 0 saturated carbocycles. The quantitative estimate of drug-likeness (QED) is 0.559. The van der Waals surface area contributed by atoms with Gasteiger partial charge in [0.15, 0.2) is 0 Å². The van der Waals surface area contributed by atoms with Crippen LogP contribution >= 0.6 is 11.8 Å². The first-order valence-electron chi connectivity index (χ1n) is 2.95. The van der Waals surface area contributed by atoms with Crippen molar-refractivity contribution in [1.29, 1.82) is 0 Å². The van der Waals surface area contributed by atoms with Gasteiger partial charge in [0, 0.05) is 5.75 Å². The van der Waals surface area contributed by atoms with E-state index in [-0.39, 0.29) is 5.75 Å². The van der Waals surface area contributed by atoms with Crippen LogP contribution in [0.3, 0.4) is 0 Å². The predicted molar refractivity (Wildman–Crippen MR) is 33.3 cm³/mol. The smallest absolute Gasteiger partial charge is 0.331 e. The third-order valence-electron chi connectivity index (χ3n) is 1.24. The van der Waals surface area contributed by atoms with E-state index < -0.39 is 23.8 Å². The Morgan fingerprint density at radius 3 is 2.42 bits per heavy atom. The molecule has 0 aromatic rings. The minimum absolute atomic E-state index is 0.0561. The van der Waals surface area contributed by atoms with Crippen molar-refractivity contribution in [3.8, 4) is 0 Å². The summed E-state index contributed by atoms with van der Waals surface area (Å²) < 4.78 is 52.1. The van der Waals surface area contributed by atoms with Crippen LogP contribution in [0.5, 0.6) is 0 Å². The number of carbonyl (C=O) groups is 1. The molecule has 12 heavy (non-hydrogen) atoms. The molecule has 1 rings (SSSR count). The maximum Gasteiger partial charge on any atom is 0.457 e. The molecule has 1 unspecified atom stereocenters. The molecule has 0 aliphatic carbocycles. The van der Waals surface area contributed by atoms with Crippen molar-refractivity contribution in [2.45, 2.75) is 12.0 Å². The van der Waals surface area contributed by atoms with E-state index in [1.807, 2.05) is 0 Å². The van der Waals surface area contributed by atoms with Gasteiger partial charge in [-0.3, -0.25) is 4.79 Å². The molecule has 1 atom stereocenters. The SMILES string of the molecule is O=C1SCCOC1(F)C(F)(F)F. The van der Waals surface area contributed by atoms with Crippen molar-refractivity contribution in [2.75, 3.05) is 12.4 Å². The molecule has 0 amide bonds. The van der Waals surface area contributed by atoms with Crippen LogP contribution in [0.2, 0.25) is 0 Å². The largest absolute Gasteiger partial charge is 0.457 e. The fraction of sp³-hybridized carbons (Fsp3) is 0.800. The van der Waals surface area contributed by atoms with Gasteiger partial charge in [-0.05, 0) is 0 Å². The second-order valence-electron chi connectivity index (χ2n) is 2.08. The summed E-state index contributed by atoms with van der Waals surface area (Å²) in [6, 6.07) is 0. The van der Waals surface area contributed by atoms with Gasteiger partial charge in [0.05, 0.1) is 6.61 Å². The fourth-order valence-electron chi connectivity index (χ4n) is 0.666. The number of thioether (sulfide) groups is 1. The number of carbonyl (C=O) groups excluding carboxylic acids is 1. The van der Waals surface area contributed by atoms with Crippen LogP contribution in [-0.4, -0.2) is 29.5 Å². The first-order valence-corrected chi connectivity index (χ1v) is 3.93. The highest BCUT2D eigenvalue weighted by atomic mass is 32.2. The number of rotatable bonds is 0. The summed E-state index contributed by atoms with van der Waals surface area (Å²) in [6.07, 6.45) is -5.28. The molecule has 1 fully saturated rings. The van der Waals surface area contributed by atoms with Crippen LogP contribution < -0.4 is 0 Å². The van der Waals surface area contributed by atoms with Crippen LogP contribution in [0.25, 0.3) is 0 Å². The van der Waals surface area contributed by atoms with Crippen LogP contribution in [0.4, 0.5) is 17.6 Å². The van der Waals surface area contributed by atoms with Crippen LogP contribution in [0.15, 0.2) is 0 Å². The molecule has 0 radical (unpaired) electrons. The first-order chi connectivity index (χ1) is 5.38. The highest BCUT2D eigenvalue weighted by molar-refractivity contribution is 8.13. The Bertz CT molecular complexity index is 204. The lowest BCUT2D eigenvalue weighted by Crippen LogP contribution is -2.51. The summed E-state index contributed by atoms with van der Waals surface area (Å²) in [5, 5.41) is -1.62. The highest BCUT2D eigenvalue weighted by Crippen LogP contribution is 2.40. The Morgan fingerprint density at radius 2 is 2.08 bits per heavy atom. The number of ether oxygens (including phenoxy) is 1. The Hall–Kier alpha value is -0.300. The van der Waals surface area contributed by atoms with Crippen molar-refractivity contribution in [2.24, 2.45) is 0 Å². The molecule has 70 valence electrons. The highest BCUT2D eigenvalue weighted by Gasteiger charge is 2.64. The molecule has 0 aromatic carbocycles. The third kappa shape index (κ3) is 1.42. The van der Waals surface area contributed by atoms with E-state index in [4.69, 9.17) is 0 Å². The van der Waals surface area contributed by atoms with Gasteiger partial charge >= 0.3 is 12.0 Å². The van der Waals surface area contributed by atoms with Crippen molar-refractivity contribution in [1.82, 2.24) is 0 Å². The van der Waals surface area contributed by atoms with E-state index >= 15 is 0 Å². The van der Waals surface area contributed by atoms with E-state index in [9.17, 15) is 22.4 Å². The fourth-order valence-corrected chi connectivity index (χ4v) is 1.38. The average Bonchev–Trinajstić information content (AvgIpc) is 1.93. The Labute approximate surface area is 69.3 Å². The van der Waals surface area contributed by atoms with Crippen molar-refractivity contribution >= 4 is 16.9 Å². The van der Waals surface area contributed by atoms with Crippen LogP contribution in [0.1, 0.15) is 0 Å². The second kappa shape index (κ2) is 2.88. The van der Waals surface area contributed by atoms with Crippen molar-refractivity contribution in [3.63, 3.8) is 0 Å². The van der Waals surface area contributed by atoms with Gasteiger partial charge < -0.3 is 4.74 Å². The topological polar surface area (TPSA) is 26.3 Å². The second-order valence-corrected chi connectivity index (χ2v) is 3.15. The molecule has 0 bridgehead atoms. The summed E-state index contributed by atoms with van der Waals surface area (Å²) in [7, 11) is 0. The Morgan fingerprint density at radius 1 is 1.50 bits per heavy atom. The molecule has 1 aliphatic heterocycles. The van der Waals surface area contributed by atoms with Crippen LogP contribution in [-0.2, 0) is 9.53 Å². The standard InChI is InChI=1S/C5H4F4O2S/c6-4(5(7,8)9)3(10)12-2-1-11-4/h1-2H2. The zero-order valence-electron chi connectivity index (χ0n) is 5.65. The zero-order chi connectivity index (χ0) is 9.41. The van der Waals surface area contributed by atoms with E-state index in [1.165, 1.54) is 0 Å². The van der Waals surface area contributed by atoms with Gasteiger partial charge in [-0.15, -0.1) is 0 Å². The van der Waals surface area contributed by atoms with Gasteiger partial charge in [0.2, 0.25) is 0 Å². The Kier molecular flexibility index (Phi) is 2.35. The molecule has 1 saturated heterocycles. The number of hydrogen-bond donors (Lipinski definition) is 0. The van der Waals surface area contributed by atoms with Gasteiger partial charge in [-0.1, -0.05) is 11.8 Å². The minimum Gasteiger partial charge on any atom is -0.331 e. The summed E-state index contributed by atoms with van der Waals surface area (Å²) in [4.78, 5) is 10.5. The molecule has 0 N–H and O–H groups in total. The number of alkyl halides is 4. The van der Waals surface area contributed by atoms with Gasteiger partial charge in [0.1, 0.15) is 0 Å². The van der Waals surface area contributed by atoms with E-state index in [0.29, 0.717) is 11.8 Å². The minimum atomic E-state index is -5.28. The molecular weight excluding hydrogens is 200 g/mol. The van der Waals surface area contributed by atoms with Gasteiger partial charge in [-0.2, -0.15) is 17.6 Å². The number of hydrogen-bond acceptors (Lipinski definition) is 3. The lowest BCUT2D eigenvalue weighted by atomic mass is 10.3. The molecule has 0 aromatic heterocycles. The molecule has 1 aliphatic rings. The van der Waals surface area contributed by atoms with E-state index in [0.717, 1.165) is 0 Å². The van der Waals surface area contributed by atoms with Crippen molar-refractivity contribution in [3.05, 3.63) is 0 Å². The first kappa shape index (κ1) is 9.79. The molecular formula is C5H4F4O2S. The Balaban J connectivity index is 2.87. The molecule has 1 heterocycles. The van der Waals surface area contributed by atoms with Gasteiger partial charge in [-0.25, -0.2) is 0 Å². The summed E-state index contributed by atoms with van der Waals surface area (Å²) in [6.45, 7) is -0.410. The molecule has 2 nitrogen and oxygen atoms in total.